The van der Waals surface area contributed by atoms with Crippen LogP contribution in [0.25, 0.3) is 0 Å². The molecule has 0 aliphatic carbocycles. The second kappa shape index (κ2) is 8.24. The van der Waals surface area contributed by atoms with Gasteiger partial charge in [0.1, 0.15) is 5.78 Å². The summed E-state index contributed by atoms with van der Waals surface area (Å²) in [4.78, 5) is 11.5. The zero-order valence-corrected chi connectivity index (χ0v) is 9.14. The molecule has 0 spiro atoms. The van der Waals surface area contributed by atoms with Crippen molar-refractivity contribution in [2.75, 3.05) is 13.7 Å². The highest BCUT2D eigenvalue weighted by atomic mass is 16.5. The van der Waals surface area contributed by atoms with E-state index in [1.807, 2.05) is 6.92 Å². The third-order valence-electron chi connectivity index (χ3n) is 2.33. The van der Waals surface area contributed by atoms with E-state index in [-0.39, 0.29) is 5.92 Å². The molecule has 0 amide bonds. The highest BCUT2D eigenvalue weighted by molar-refractivity contribution is 5.80. The summed E-state index contributed by atoms with van der Waals surface area (Å²) in [5.41, 5.74) is 0. The van der Waals surface area contributed by atoms with Gasteiger partial charge in [-0.25, -0.2) is 0 Å². The van der Waals surface area contributed by atoms with Gasteiger partial charge < -0.3 is 4.74 Å². The summed E-state index contributed by atoms with van der Waals surface area (Å²) in [6.45, 7) is 4.84. The molecule has 1 atom stereocenters. The van der Waals surface area contributed by atoms with Gasteiger partial charge in [-0.3, -0.25) is 4.79 Å². The first-order valence-electron chi connectivity index (χ1n) is 5.24. The van der Waals surface area contributed by atoms with E-state index in [0.717, 1.165) is 19.3 Å². The standard InChI is InChI=1S/C11H22O2/c1-4-5-6-7-11(12)10(2)8-9-13-3/h10H,4-9H2,1-3H3. The molecule has 2 nitrogen and oxygen atoms in total. The van der Waals surface area contributed by atoms with E-state index in [0.29, 0.717) is 12.4 Å². The van der Waals surface area contributed by atoms with E-state index in [9.17, 15) is 4.79 Å². The molecule has 0 aliphatic rings. The highest BCUT2D eigenvalue weighted by Crippen LogP contribution is 2.09. The summed E-state index contributed by atoms with van der Waals surface area (Å²) in [7, 11) is 1.67. The highest BCUT2D eigenvalue weighted by Gasteiger charge is 2.11. The molecular formula is C11H22O2. The lowest BCUT2D eigenvalue weighted by atomic mass is 9.98. The van der Waals surface area contributed by atoms with Crippen LogP contribution in [0.15, 0.2) is 0 Å². The monoisotopic (exact) mass is 186 g/mol. The minimum atomic E-state index is 0.178. The molecule has 0 rings (SSSR count). The van der Waals surface area contributed by atoms with Crippen LogP contribution in [-0.4, -0.2) is 19.5 Å². The number of ether oxygens (including phenoxy) is 1. The first-order chi connectivity index (χ1) is 6.22. The van der Waals surface area contributed by atoms with E-state index in [1.165, 1.54) is 12.8 Å². The van der Waals surface area contributed by atoms with Crippen LogP contribution in [0.5, 0.6) is 0 Å². The summed E-state index contributed by atoms with van der Waals surface area (Å²) in [5.74, 6) is 0.572. The predicted molar refractivity (Wildman–Crippen MR) is 54.8 cm³/mol. The maximum absolute atomic E-state index is 11.5. The minimum absolute atomic E-state index is 0.178. The maximum Gasteiger partial charge on any atom is 0.135 e. The Morgan fingerprint density at radius 1 is 1.38 bits per heavy atom. The van der Waals surface area contributed by atoms with Gasteiger partial charge in [-0.05, 0) is 12.8 Å². The van der Waals surface area contributed by atoms with Crippen molar-refractivity contribution in [3.63, 3.8) is 0 Å². The zero-order chi connectivity index (χ0) is 10.1. The molecule has 0 radical (unpaired) electrons. The molecular weight excluding hydrogens is 164 g/mol. The second-order valence-electron chi connectivity index (χ2n) is 3.61. The van der Waals surface area contributed by atoms with Crippen LogP contribution in [-0.2, 0) is 9.53 Å². The van der Waals surface area contributed by atoms with Crippen LogP contribution < -0.4 is 0 Å². The molecule has 0 bridgehead atoms. The van der Waals surface area contributed by atoms with Crippen LogP contribution in [0.2, 0.25) is 0 Å². The number of hydrogen-bond acceptors (Lipinski definition) is 2. The topological polar surface area (TPSA) is 26.3 Å². The molecule has 0 aliphatic heterocycles. The number of rotatable bonds is 8. The van der Waals surface area contributed by atoms with Gasteiger partial charge >= 0.3 is 0 Å². The van der Waals surface area contributed by atoms with E-state index in [4.69, 9.17) is 4.74 Å². The van der Waals surface area contributed by atoms with Crippen molar-refractivity contribution < 1.29 is 9.53 Å². The average Bonchev–Trinajstić information content (AvgIpc) is 2.14. The first-order valence-corrected chi connectivity index (χ1v) is 5.24. The molecule has 0 heterocycles. The number of carbonyl (C=O) groups excluding carboxylic acids is 1. The number of unbranched alkanes of at least 4 members (excludes halogenated alkanes) is 2. The van der Waals surface area contributed by atoms with Crippen LogP contribution in [0.1, 0.15) is 46.0 Å². The van der Waals surface area contributed by atoms with Crippen molar-refractivity contribution in [3.8, 4) is 0 Å². The Morgan fingerprint density at radius 2 is 2.08 bits per heavy atom. The normalized spacial score (nSPS) is 12.8. The van der Waals surface area contributed by atoms with Crippen molar-refractivity contribution in [2.45, 2.75) is 46.0 Å². The lowest BCUT2D eigenvalue weighted by Gasteiger charge is -2.08. The third-order valence-corrected chi connectivity index (χ3v) is 2.33. The molecule has 0 aromatic heterocycles. The molecule has 0 saturated heterocycles. The van der Waals surface area contributed by atoms with Crippen molar-refractivity contribution in [1.29, 1.82) is 0 Å². The lowest BCUT2D eigenvalue weighted by molar-refractivity contribution is -0.123. The van der Waals surface area contributed by atoms with E-state index in [2.05, 4.69) is 6.92 Å². The SMILES string of the molecule is CCCCCC(=O)C(C)CCOC. The Bertz CT molecular complexity index is 132. The van der Waals surface area contributed by atoms with Crippen LogP contribution in [0.4, 0.5) is 0 Å². The number of carbonyl (C=O) groups is 1. The molecule has 0 fully saturated rings. The summed E-state index contributed by atoms with van der Waals surface area (Å²) >= 11 is 0. The smallest absolute Gasteiger partial charge is 0.135 e. The van der Waals surface area contributed by atoms with Crippen molar-refractivity contribution in [3.05, 3.63) is 0 Å². The largest absolute Gasteiger partial charge is 0.385 e. The quantitative estimate of drug-likeness (QED) is 0.545. The minimum Gasteiger partial charge on any atom is -0.385 e. The molecule has 78 valence electrons. The van der Waals surface area contributed by atoms with Gasteiger partial charge in [-0.1, -0.05) is 26.7 Å². The van der Waals surface area contributed by atoms with Crippen LogP contribution in [0.3, 0.4) is 0 Å². The molecule has 0 N–H and O–H groups in total. The van der Waals surface area contributed by atoms with Crippen molar-refractivity contribution in [2.24, 2.45) is 5.92 Å². The molecule has 0 aromatic rings. The first kappa shape index (κ1) is 12.6. The fourth-order valence-corrected chi connectivity index (χ4v) is 1.25. The zero-order valence-electron chi connectivity index (χ0n) is 9.14. The lowest BCUT2D eigenvalue weighted by Crippen LogP contribution is -2.12. The second-order valence-corrected chi connectivity index (χ2v) is 3.61. The molecule has 0 saturated carbocycles. The summed E-state index contributed by atoms with van der Waals surface area (Å²) in [5, 5.41) is 0. The van der Waals surface area contributed by atoms with E-state index >= 15 is 0 Å². The Kier molecular flexibility index (Phi) is 8.00. The summed E-state index contributed by atoms with van der Waals surface area (Å²) in [6.07, 6.45) is 5.01. The van der Waals surface area contributed by atoms with E-state index < -0.39 is 0 Å². The molecule has 0 aromatic carbocycles. The van der Waals surface area contributed by atoms with Gasteiger partial charge in [0.2, 0.25) is 0 Å². The van der Waals surface area contributed by atoms with Gasteiger partial charge in [0.05, 0.1) is 0 Å². The molecule has 2 heteroatoms. The molecule has 13 heavy (non-hydrogen) atoms. The van der Waals surface area contributed by atoms with Gasteiger partial charge in [0, 0.05) is 26.1 Å². The third kappa shape index (κ3) is 6.76. The van der Waals surface area contributed by atoms with E-state index in [1.54, 1.807) is 7.11 Å². The average molecular weight is 186 g/mol. The maximum atomic E-state index is 11.5. The Balaban J connectivity index is 3.45. The fraction of sp³-hybridized carbons (Fsp3) is 0.909. The van der Waals surface area contributed by atoms with Gasteiger partial charge in [0.25, 0.3) is 0 Å². The number of Topliss-reactive ketones (excluding diaryl/α,β-unsaturated/α-hetero) is 1. The Hall–Kier alpha value is -0.370. The predicted octanol–water partition coefficient (Wildman–Crippen LogP) is 2.81. The Labute approximate surface area is 81.7 Å². The van der Waals surface area contributed by atoms with Gasteiger partial charge in [-0.2, -0.15) is 0 Å². The van der Waals surface area contributed by atoms with Crippen LogP contribution in [0, 0.1) is 5.92 Å². The number of methoxy groups -OCH3 is 1. The van der Waals surface area contributed by atoms with Crippen molar-refractivity contribution >= 4 is 5.78 Å². The fourth-order valence-electron chi connectivity index (χ4n) is 1.25. The number of hydrogen-bond donors (Lipinski definition) is 0. The Morgan fingerprint density at radius 3 is 2.62 bits per heavy atom. The van der Waals surface area contributed by atoms with Crippen molar-refractivity contribution in [1.82, 2.24) is 0 Å². The molecule has 1 unspecified atom stereocenters. The number of ketones is 1. The summed E-state index contributed by atoms with van der Waals surface area (Å²) < 4.78 is 4.94. The van der Waals surface area contributed by atoms with Gasteiger partial charge in [0.15, 0.2) is 0 Å². The summed E-state index contributed by atoms with van der Waals surface area (Å²) in [6, 6.07) is 0. The van der Waals surface area contributed by atoms with Gasteiger partial charge in [-0.15, -0.1) is 0 Å². The van der Waals surface area contributed by atoms with Crippen LogP contribution >= 0.6 is 0 Å².